The van der Waals surface area contributed by atoms with Crippen LogP contribution in [0.25, 0.3) is 0 Å². The van der Waals surface area contributed by atoms with E-state index in [1.165, 1.54) is 0 Å². The first kappa shape index (κ1) is 17.9. The summed E-state index contributed by atoms with van der Waals surface area (Å²) < 4.78 is 0. The maximum atomic E-state index is 11.6. The van der Waals surface area contributed by atoms with Crippen LogP contribution in [0, 0.1) is 17.3 Å². The second-order valence-corrected chi connectivity index (χ2v) is 5.96. The van der Waals surface area contributed by atoms with Gasteiger partial charge in [-0.3, -0.25) is 9.59 Å². The van der Waals surface area contributed by atoms with E-state index in [0.717, 1.165) is 19.3 Å². The highest BCUT2D eigenvalue weighted by Gasteiger charge is 2.43. The number of carboxylic acids is 2. The summed E-state index contributed by atoms with van der Waals surface area (Å²) in [4.78, 5) is 22.0. The van der Waals surface area contributed by atoms with Crippen molar-refractivity contribution in [1.82, 2.24) is 0 Å². The van der Waals surface area contributed by atoms with E-state index in [4.69, 9.17) is 5.11 Å². The molecule has 4 nitrogen and oxygen atoms in total. The molecule has 0 aliphatic carbocycles. The van der Waals surface area contributed by atoms with Crippen LogP contribution in [0.3, 0.4) is 0 Å². The largest absolute Gasteiger partial charge is 0.481 e. The summed E-state index contributed by atoms with van der Waals surface area (Å²) in [5.74, 6) is -1.26. The number of aliphatic carboxylic acids is 2. The molecule has 0 saturated heterocycles. The van der Waals surface area contributed by atoms with Crippen molar-refractivity contribution < 1.29 is 19.8 Å². The molecule has 4 heteroatoms. The SMILES string of the molecule is CC(C)C(CCCCCCC(=O)O)(C(=O)O)C(C)C. The van der Waals surface area contributed by atoms with Crippen molar-refractivity contribution >= 4 is 11.9 Å². The predicted molar refractivity (Wildman–Crippen MR) is 75.1 cm³/mol. The van der Waals surface area contributed by atoms with Crippen molar-refractivity contribution in [2.75, 3.05) is 0 Å². The van der Waals surface area contributed by atoms with Gasteiger partial charge in [0.25, 0.3) is 0 Å². The van der Waals surface area contributed by atoms with Crippen molar-refractivity contribution in [2.45, 2.75) is 66.2 Å². The lowest BCUT2D eigenvalue weighted by Crippen LogP contribution is -2.41. The number of carbonyl (C=O) groups is 2. The fourth-order valence-electron chi connectivity index (χ4n) is 2.89. The second kappa shape index (κ2) is 8.18. The summed E-state index contributed by atoms with van der Waals surface area (Å²) >= 11 is 0. The summed E-state index contributed by atoms with van der Waals surface area (Å²) in [7, 11) is 0. The van der Waals surface area contributed by atoms with Gasteiger partial charge in [-0.2, -0.15) is 0 Å². The van der Waals surface area contributed by atoms with Crippen molar-refractivity contribution in [2.24, 2.45) is 17.3 Å². The highest BCUT2D eigenvalue weighted by molar-refractivity contribution is 5.75. The molecule has 0 aliphatic heterocycles. The Hall–Kier alpha value is -1.06. The average molecular weight is 272 g/mol. The van der Waals surface area contributed by atoms with Crippen molar-refractivity contribution in [3.05, 3.63) is 0 Å². The minimum Gasteiger partial charge on any atom is -0.481 e. The Balaban J connectivity index is 4.29. The molecule has 2 N–H and O–H groups in total. The van der Waals surface area contributed by atoms with Gasteiger partial charge in [0.15, 0.2) is 0 Å². The van der Waals surface area contributed by atoms with Crippen LogP contribution >= 0.6 is 0 Å². The molecule has 0 fully saturated rings. The second-order valence-electron chi connectivity index (χ2n) is 5.96. The molecule has 19 heavy (non-hydrogen) atoms. The zero-order valence-corrected chi connectivity index (χ0v) is 12.6. The average Bonchev–Trinajstić information content (AvgIpc) is 2.26. The molecule has 0 radical (unpaired) electrons. The fraction of sp³-hybridized carbons (Fsp3) is 0.867. The number of rotatable bonds is 10. The van der Waals surface area contributed by atoms with Gasteiger partial charge in [-0.1, -0.05) is 47.0 Å². The third-order valence-electron chi connectivity index (χ3n) is 4.19. The monoisotopic (exact) mass is 272 g/mol. The zero-order chi connectivity index (χ0) is 15.1. The van der Waals surface area contributed by atoms with Gasteiger partial charge in [0, 0.05) is 6.42 Å². The van der Waals surface area contributed by atoms with Gasteiger partial charge >= 0.3 is 11.9 Å². The Morgan fingerprint density at radius 1 is 0.895 bits per heavy atom. The lowest BCUT2D eigenvalue weighted by Gasteiger charge is -2.37. The van der Waals surface area contributed by atoms with E-state index in [1.807, 2.05) is 27.7 Å². The minimum absolute atomic E-state index is 0.101. The van der Waals surface area contributed by atoms with Gasteiger partial charge in [0.05, 0.1) is 5.41 Å². The Labute approximate surface area is 116 Å². The lowest BCUT2D eigenvalue weighted by molar-refractivity contribution is -0.156. The number of hydrogen-bond donors (Lipinski definition) is 2. The van der Waals surface area contributed by atoms with E-state index in [2.05, 4.69) is 0 Å². The van der Waals surface area contributed by atoms with Gasteiger partial charge in [-0.05, 0) is 24.7 Å². The summed E-state index contributed by atoms with van der Waals surface area (Å²) in [5, 5.41) is 18.1. The summed E-state index contributed by atoms with van der Waals surface area (Å²) in [6.07, 6.45) is 4.17. The molecule has 0 heterocycles. The van der Waals surface area contributed by atoms with Gasteiger partial charge in [0.1, 0.15) is 0 Å². The van der Waals surface area contributed by atoms with Crippen LogP contribution in [-0.4, -0.2) is 22.2 Å². The van der Waals surface area contributed by atoms with E-state index in [0.29, 0.717) is 12.8 Å². The molecule has 112 valence electrons. The topological polar surface area (TPSA) is 74.6 Å². The van der Waals surface area contributed by atoms with Crippen LogP contribution in [0.15, 0.2) is 0 Å². The molecule has 0 saturated carbocycles. The van der Waals surface area contributed by atoms with Gasteiger partial charge in [0.2, 0.25) is 0 Å². The van der Waals surface area contributed by atoms with E-state index >= 15 is 0 Å². The van der Waals surface area contributed by atoms with Crippen LogP contribution in [0.1, 0.15) is 66.2 Å². The lowest BCUT2D eigenvalue weighted by atomic mass is 9.66. The molecule has 0 aromatic heterocycles. The van der Waals surface area contributed by atoms with Crippen molar-refractivity contribution in [1.29, 1.82) is 0 Å². The molecule has 0 bridgehead atoms. The molecule has 0 unspecified atom stereocenters. The highest BCUT2D eigenvalue weighted by atomic mass is 16.4. The first-order chi connectivity index (χ1) is 8.75. The smallest absolute Gasteiger partial charge is 0.310 e. The predicted octanol–water partition coefficient (Wildman–Crippen LogP) is 3.79. The first-order valence-corrected chi connectivity index (χ1v) is 7.20. The van der Waals surface area contributed by atoms with E-state index in [1.54, 1.807) is 0 Å². The number of carboxylic acid groups (broad SMARTS) is 2. The van der Waals surface area contributed by atoms with E-state index in [9.17, 15) is 14.7 Å². The van der Waals surface area contributed by atoms with Crippen LogP contribution in [0.2, 0.25) is 0 Å². The third-order valence-corrected chi connectivity index (χ3v) is 4.19. The maximum absolute atomic E-state index is 11.6. The molecule has 0 aliphatic rings. The summed E-state index contributed by atoms with van der Waals surface area (Å²) in [6.45, 7) is 7.88. The molecule has 0 aromatic carbocycles. The van der Waals surface area contributed by atoms with Crippen LogP contribution < -0.4 is 0 Å². The quantitative estimate of drug-likeness (QED) is 0.593. The fourth-order valence-corrected chi connectivity index (χ4v) is 2.89. The molecular formula is C15H28O4. The normalized spacial score (nSPS) is 12.1. The van der Waals surface area contributed by atoms with Gasteiger partial charge < -0.3 is 10.2 Å². The van der Waals surface area contributed by atoms with Gasteiger partial charge in [-0.25, -0.2) is 0 Å². The van der Waals surface area contributed by atoms with E-state index in [-0.39, 0.29) is 18.3 Å². The minimum atomic E-state index is -0.760. The Kier molecular flexibility index (Phi) is 7.72. The summed E-state index contributed by atoms with van der Waals surface area (Å²) in [6, 6.07) is 0. The first-order valence-electron chi connectivity index (χ1n) is 7.20. The van der Waals surface area contributed by atoms with Crippen LogP contribution in [0.5, 0.6) is 0 Å². The van der Waals surface area contributed by atoms with Crippen molar-refractivity contribution in [3.63, 3.8) is 0 Å². The summed E-state index contributed by atoms with van der Waals surface area (Å²) in [5.41, 5.74) is -0.660. The highest BCUT2D eigenvalue weighted by Crippen LogP contribution is 2.41. The molecule has 0 atom stereocenters. The molecule has 0 aromatic rings. The molecule has 0 spiro atoms. The van der Waals surface area contributed by atoms with Crippen LogP contribution in [-0.2, 0) is 9.59 Å². The van der Waals surface area contributed by atoms with Gasteiger partial charge in [-0.15, -0.1) is 0 Å². The Morgan fingerprint density at radius 2 is 1.37 bits per heavy atom. The maximum Gasteiger partial charge on any atom is 0.310 e. The standard InChI is InChI=1S/C15H28O4/c1-11(2)15(12(3)4,14(18)19)10-8-6-5-7-9-13(16)17/h11-12H,5-10H2,1-4H3,(H,16,17)(H,18,19). The number of unbranched alkanes of at least 4 members (excludes halogenated alkanes) is 3. The Morgan fingerprint density at radius 3 is 1.74 bits per heavy atom. The molecule has 0 rings (SSSR count). The van der Waals surface area contributed by atoms with Crippen molar-refractivity contribution in [3.8, 4) is 0 Å². The molecule has 0 amide bonds. The Bertz CT molecular complexity index is 287. The van der Waals surface area contributed by atoms with E-state index < -0.39 is 17.4 Å². The van der Waals surface area contributed by atoms with Crippen LogP contribution in [0.4, 0.5) is 0 Å². The number of hydrogen-bond acceptors (Lipinski definition) is 2. The molecular weight excluding hydrogens is 244 g/mol. The third kappa shape index (κ3) is 5.21. The zero-order valence-electron chi connectivity index (χ0n) is 12.6.